The Labute approximate surface area is 135 Å². The number of alkyl halides is 4. The molecule has 0 spiro atoms. The standard InChI is InChI=1S/C16H13BrClF3/c1-10-2-7-14(17)13(8-10)15(18)9-11-3-5-12(6-4-11)16(19,20)21/h2-8,15H,9H2,1H3. The summed E-state index contributed by atoms with van der Waals surface area (Å²) in [4.78, 5) is 0. The van der Waals surface area contributed by atoms with Gasteiger partial charge in [-0.25, -0.2) is 0 Å². The van der Waals surface area contributed by atoms with Gasteiger partial charge in [-0.3, -0.25) is 0 Å². The SMILES string of the molecule is Cc1ccc(Br)c(C(Cl)Cc2ccc(C(F)(F)F)cc2)c1. The number of aryl methyl sites for hydroxylation is 1. The Morgan fingerprint density at radius 1 is 1.10 bits per heavy atom. The van der Waals surface area contributed by atoms with Gasteiger partial charge in [0.15, 0.2) is 0 Å². The Morgan fingerprint density at radius 2 is 1.71 bits per heavy atom. The number of hydrogen-bond donors (Lipinski definition) is 0. The Morgan fingerprint density at radius 3 is 2.29 bits per heavy atom. The zero-order valence-electron chi connectivity index (χ0n) is 11.2. The average Bonchev–Trinajstić information content (AvgIpc) is 2.41. The van der Waals surface area contributed by atoms with E-state index in [2.05, 4.69) is 15.9 Å². The van der Waals surface area contributed by atoms with Crippen molar-refractivity contribution < 1.29 is 13.2 Å². The van der Waals surface area contributed by atoms with E-state index < -0.39 is 11.7 Å². The van der Waals surface area contributed by atoms with Gasteiger partial charge in [-0.1, -0.05) is 45.8 Å². The molecule has 5 heteroatoms. The van der Waals surface area contributed by atoms with Crippen molar-refractivity contribution in [1.29, 1.82) is 0 Å². The maximum Gasteiger partial charge on any atom is 0.416 e. The third kappa shape index (κ3) is 4.24. The zero-order chi connectivity index (χ0) is 15.6. The van der Waals surface area contributed by atoms with Gasteiger partial charge in [0.1, 0.15) is 0 Å². The van der Waals surface area contributed by atoms with E-state index in [0.717, 1.165) is 33.3 Å². The maximum atomic E-state index is 12.5. The minimum atomic E-state index is -4.31. The van der Waals surface area contributed by atoms with E-state index in [0.29, 0.717) is 6.42 Å². The maximum absolute atomic E-state index is 12.5. The van der Waals surface area contributed by atoms with Crippen molar-refractivity contribution in [3.63, 3.8) is 0 Å². The molecule has 1 unspecified atom stereocenters. The molecule has 0 fully saturated rings. The van der Waals surface area contributed by atoms with Crippen molar-refractivity contribution >= 4 is 27.5 Å². The molecule has 112 valence electrons. The summed E-state index contributed by atoms with van der Waals surface area (Å²) in [6.07, 6.45) is -3.83. The summed E-state index contributed by atoms with van der Waals surface area (Å²) in [6, 6.07) is 11.0. The van der Waals surface area contributed by atoms with Crippen molar-refractivity contribution in [3.8, 4) is 0 Å². The first kappa shape index (κ1) is 16.4. The van der Waals surface area contributed by atoms with Crippen LogP contribution < -0.4 is 0 Å². The zero-order valence-corrected chi connectivity index (χ0v) is 13.6. The predicted octanol–water partition coefficient (Wildman–Crippen LogP) is 6.30. The monoisotopic (exact) mass is 376 g/mol. The van der Waals surface area contributed by atoms with Crippen molar-refractivity contribution in [2.45, 2.75) is 24.9 Å². The minimum absolute atomic E-state index is 0.295. The Kier molecular flexibility index (Phi) is 4.99. The molecule has 0 aliphatic carbocycles. The molecule has 0 N–H and O–H groups in total. The van der Waals surface area contributed by atoms with Crippen LogP contribution in [0.5, 0.6) is 0 Å². The molecule has 0 amide bonds. The highest BCUT2D eigenvalue weighted by atomic mass is 79.9. The minimum Gasteiger partial charge on any atom is -0.166 e. The Bertz CT molecular complexity index is 620. The van der Waals surface area contributed by atoms with E-state index in [9.17, 15) is 13.2 Å². The molecular formula is C16H13BrClF3. The molecule has 0 bridgehead atoms. The second-order valence-corrected chi connectivity index (χ2v) is 6.27. The van der Waals surface area contributed by atoms with Gasteiger partial charge in [-0.15, -0.1) is 11.6 Å². The van der Waals surface area contributed by atoms with Crippen LogP contribution in [0.1, 0.15) is 27.6 Å². The molecule has 0 aromatic heterocycles. The first-order valence-corrected chi connectivity index (χ1v) is 7.56. The van der Waals surface area contributed by atoms with Crippen LogP contribution in [0.15, 0.2) is 46.9 Å². The highest BCUT2D eigenvalue weighted by Gasteiger charge is 2.30. The molecular weight excluding hydrogens is 365 g/mol. The summed E-state index contributed by atoms with van der Waals surface area (Å²) in [6.45, 7) is 1.97. The quantitative estimate of drug-likeness (QED) is 0.551. The van der Waals surface area contributed by atoms with Gasteiger partial charge in [0.2, 0.25) is 0 Å². The summed E-state index contributed by atoms with van der Waals surface area (Å²) >= 11 is 9.84. The van der Waals surface area contributed by atoms with Crippen LogP contribution in [-0.4, -0.2) is 0 Å². The predicted molar refractivity (Wildman–Crippen MR) is 82.6 cm³/mol. The fourth-order valence-electron chi connectivity index (χ4n) is 2.05. The van der Waals surface area contributed by atoms with Gasteiger partial charge in [0.25, 0.3) is 0 Å². The third-order valence-corrected chi connectivity index (χ3v) is 4.30. The molecule has 0 heterocycles. The summed E-state index contributed by atoms with van der Waals surface area (Å²) in [5.74, 6) is 0. The smallest absolute Gasteiger partial charge is 0.166 e. The topological polar surface area (TPSA) is 0 Å². The van der Waals surface area contributed by atoms with Crippen LogP contribution in [0.3, 0.4) is 0 Å². The van der Waals surface area contributed by atoms with Gasteiger partial charge < -0.3 is 0 Å². The fourth-order valence-corrected chi connectivity index (χ4v) is 3.06. The summed E-state index contributed by atoms with van der Waals surface area (Å²) in [7, 11) is 0. The van der Waals surface area contributed by atoms with E-state index in [4.69, 9.17) is 11.6 Å². The molecule has 2 aromatic rings. The molecule has 2 rings (SSSR count). The van der Waals surface area contributed by atoms with Crippen molar-refractivity contribution in [2.24, 2.45) is 0 Å². The van der Waals surface area contributed by atoms with Gasteiger partial charge >= 0.3 is 6.18 Å². The molecule has 0 saturated carbocycles. The van der Waals surface area contributed by atoms with Crippen molar-refractivity contribution in [2.75, 3.05) is 0 Å². The van der Waals surface area contributed by atoms with Crippen molar-refractivity contribution in [1.82, 2.24) is 0 Å². The molecule has 0 radical (unpaired) electrons. The van der Waals surface area contributed by atoms with E-state index in [1.54, 1.807) is 0 Å². The Balaban J connectivity index is 2.16. The second-order valence-electron chi connectivity index (χ2n) is 4.89. The molecule has 21 heavy (non-hydrogen) atoms. The van der Waals surface area contributed by atoms with Crippen molar-refractivity contribution in [3.05, 3.63) is 69.2 Å². The average molecular weight is 378 g/mol. The molecule has 2 aromatic carbocycles. The number of rotatable bonds is 3. The first-order chi connectivity index (χ1) is 9.77. The lowest BCUT2D eigenvalue weighted by atomic mass is 10.0. The number of benzene rings is 2. The molecule has 1 atom stereocenters. The third-order valence-electron chi connectivity index (χ3n) is 3.19. The van der Waals surface area contributed by atoms with E-state index in [-0.39, 0.29) is 5.38 Å². The lowest BCUT2D eigenvalue weighted by molar-refractivity contribution is -0.137. The van der Waals surface area contributed by atoms with Crippen LogP contribution in [0, 0.1) is 6.92 Å². The van der Waals surface area contributed by atoms with E-state index in [1.807, 2.05) is 25.1 Å². The lowest BCUT2D eigenvalue weighted by Gasteiger charge is -2.14. The fraction of sp³-hybridized carbons (Fsp3) is 0.250. The van der Waals surface area contributed by atoms with Crippen LogP contribution in [0.4, 0.5) is 13.2 Å². The summed E-state index contributed by atoms with van der Waals surface area (Å²) in [5, 5.41) is -0.295. The summed E-state index contributed by atoms with van der Waals surface area (Å²) in [5.41, 5.74) is 2.16. The summed E-state index contributed by atoms with van der Waals surface area (Å²) < 4.78 is 38.4. The molecule has 0 aliphatic heterocycles. The van der Waals surface area contributed by atoms with Crippen LogP contribution in [0.25, 0.3) is 0 Å². The van der Waals surface area contributed by atoms with Crippen LogP contribution in [-0.2, 0) is 12.6 Å². The molecule has 0 nitrogen and oxygen atoms in total. The van der Waals surface area contributed by atoms with Gasteiger partial charge in [0.05, 0.1) is 10.9 Å². The lowest BCUT2D eigenvalue weighted by Crippen LogP contribution is -2.05. The highest BCUT2D eigenvalue weighted by Crippen LogP contribution is 2.33. The first-order valence-electron chi connectivity index (χ1n) is 6.33. The number of halogens is 5. The Hall–Kier alpha value is -1.00. The van der Waals surface area contributed by atoms with E-state index >= 15 is 0 Å². The van der Waals surface area contributed by atoms with E-state index in [1.165, 1.54) is 12.1 Å². The molecule has 0 aliphatic rings. The molecule has 0 saturated heterocycles. The van der Waals surface area contributed by atoms with Gasteiger partial charge in [-0.05, 0) is 42.7 Å². The van der Waals surface area contributed by atoms with Gasteiger partial charge in [0, 0.05) is 4.47 Å². The number of hydrogen-bond acceptors (Lipinski definition) is 0. The van der Waals surface area contributed by atoms with Crippen LogP contribution >= 0.6 is 27.5 Å². The highest BCUT2D eigenvalue weighted by molar-refractivity contribution is 9.10. The normalized spacial score (nSPS) is 13.2. The van der Waals surface area contributed by atoms with Crippen LogP contribution in [0.2, 0.25) is 0 Å². The van der Waals surface area contributed by atoms with Gasteiger partial charge in [-0.2, -0.15) is 13.2 Å². The second kappa shape index (κ2) is 6.41. The largest absolute Gasteiger partial charge is 0.416 e.